The van der Waals surface area contributed by atoms with Crippen molar-refractivity contribution < 1.29 is 9.13 Å². The summed E-state index contributed by atoms with van der Waals surface area (Å²) in [5.41, 5.74) is 1.81. The quantitative estimate of drug-likeness (QED) is 0.632. The SMILES string of the molecule is CCCCN(C)c1cc(CNCCCOCC)ccc1F. The number of halogens is 1. The van der Waals surface area contributed by atoms with Crippen LogP contribution >= 0.6 is 0 Å². The monoisotopic (exact) mass is 296 g/mol. The average molecular weight is 296 g/mol. The van der Waals surface area contributed by atoms with Crippen LogP contribution in [0.3, 0.4) is 0 Å². The molecule has 0 amide bonds. The minimum atomic E-state index is -0.145. The molecule has 4 heteroatoms. The van der Waals surface area contributed by atoms with Crippen molar-refractivity contribution in [2.24, 2.45) is 0 Å². The Labute approximate surface area is 128 Å². The van der Waals surface area contributed by atoms with Gasteiger partial charge >= 0.3 is 0 Å². The molecular formula is C17H29FN2O. The summed E-state index contributed by atoms with van der Waals surface area (Å²) in [4.78, 5) is 2.00. The van der Waals surface area contributed by atoms with Crippen LogP contribution in [0.25, 0.3) is 0 Å². The minimum absolute atomic E-state index is 0.145. The van der Waals surface area contributed by atoms with Crippen LogP contribution < -0.4 is 10.2 Å². The van der Waals surface area contributed by atoms with Gasteiger partial charge < -0.3 is 15.0 Å². The topological polar surface area (TPSA) is 24.5 Å². The molecule has 1 N–H and O–H groups in total. The number of nitrogens with one attached hydrogen (secondary N) is 1. The molecule has 1 aromatic rings. The number of ether oxygens (including phenoxy) is 1. The van der Waals surface area contributed by atoms with Crippen molar-refractivity contribution in [3.8, 4) is 0 Å². The summed E-state index contributed by atoms with van der Waals surface area (Å²) in [6, 6.07) is 5.36. The summed E-state index contributed by atoms with van der Waals surface area (Å²) < 4.78 is 19.2. The third-order valence-electron chi connectivity index (χ3n) is 3.44. The first-order chi connectivity index (χ1) is 10.2. The number of benzene rings is 1. The van der Waals surface area contributed by atoms with Crippen LogP contribution in [0.2, 0.25) is 0 Å². The normalized spacial score (nSPS) is 10.9. The highest BCUT2D eigenvalue weighted by Crippen LogP contribution is 2.20. The van der Waals surface area contributed by atoms with Crippen molar-refractivity contribution in [2.45, 2.75) is 39.7 Å². The number of rotatable bonds is 11. The second-order valence-electron chi connectivity index (χ2n) is 5.29. The maximum absolute atomic E-state index is 13.9. The summed E-state index contributed by atoms with van der Waals surface area (Å²) in [7, 11) is 1.95. The van der Waals surface area contributed by atoms with Crippen LogP contribution in [0.15, 0.2) is 18.2 Å². The Balaban J connectivity index is 2.45. The second kappa shape index (κ2) is 10.6. The van der Waals surface area contributed by atoms with E-state index in [0.717, 1.165) is 57.7 Å². The zero-order valence-electron chi connectivity index (χ0n) is 13.6. The number of anilines is 1. The minimum Gasteiger partial charge on any atom is -0.382 e. The molecule has 1 aromatic carbocycles. The van der Waals surface area contributed by atoms with E-state index in [1.54, 1.807) is 6.07 Å². The highest BCUT2D eigenvalue weighted by atomic mass is 19.1. The van der Waals surface area contributed by atoms with E-state index in [2.05, 4.69) is 12.2 Å². The standard InChI is InChI=1S/C17H29FN2O/c1-4-6-11-20(3)17-13-15(8-9-16(17)18)14-19-10-7-12-21-5-2/h8-9,13,19H,4-7,10-12,14H2,1-3H3. The molecule has 0 heterocycles. The molecule has 0 aromatic heterocycles. The fourth-order valence-electron chi connectivity index (χ4n) is 2.15. The van der Waals surface area contributed by atoms with Gasteiger partial charge in [0.05, 0.1) is 5.69 Å². The lowest BCUT2D eigenvalue weighted by Gasteiger charge is -2.20. The van der Waals surface area contributed by atoms with E-state index < -0.39 is 0 Å². The second-order valence-corrected chi connectivity index (χ2v) is 5.29. The van der Waals surface area contributed by atoms with Crippen LogP contribution in [-0.2, 0) is 11.3 Å². The first-order valence-corrected chi connectivity index (χ1v) is 7.97. The van der Waals surface area contributed by atoms with Gasteiger partial charge in [-0.3, -0.25) is 0 Å². The Hall–Kier alpha value is -1.13. The van der Waals surface area contributed by atoms with Crippen LogP contribution in [0, 0.1) is 5.82 Å². The van der Waals surface area contributed by atoms with Gasteiger partial charge in [0.15, 0.2) is 0 Å². The summed E-state index contributed by atoms with van der Waals surface area (Å²) in [5, 5.41) is 3.37. The van der Waals surface area contributed by atoms with Crippen molar-refractivity contribution in [1.82, 2.24) is 5.32 Å². The molecular weight excluding hydrogens is 267 g/mol. The Morgan fingerprint density at radius 3 is 2.76 bits per heavy atom. The molecule has 0 spiro atoms. The van der Waals surface area contributed by atoms with Gasteiger partial charge in [-0.25, -0.2) is 4.39 Å². The number of hydrogen-bond acceptors (Lipinski definition) is 3. The maximum Gasteiger partial charge on any atom is 0.146 e. The van der Waals surface area contributed by atoms with Crippen molar-refractivity contribution in [2.75, 3.05) is 38.3 Å². The van der Waals surface area contributed by atoms with Gasteiger partial charge in [0, 0.05) is 33.4 Å². The number of nitrogens with zero attached hydrogens (tertiary/aromatic N) is 1. The predicted octanol–water partition coefficient (Wildman–Crippen LogP) is 3.58. The number of unbranched alkanes of at least 4 members (excludes halogenated alkanes) is 1. The molecule has 3 nitrogen and oxygen atoms in total. The predicted molar refractivity (Wildman–Crippen MR) is 87.4 cm³/mol. The highest BCUT2D eigenvalue weighted by Gasteiger charge is 2.08. The van der Waals surface area contributed by atoms with E-state index in [0.29, 0.717) is 5.69 Å². The first-order valence-electron chi connectivity index (χ1n) is 7.97. The molecule has 0 unspecified atom stereocenters. The Morgan fingerprint density at radius 2 is 2.05 bits per heavy atom. The molecule has 0 saturated carbocycles. The molecule has 0 aliphatic heterocycles. The Morgan fingerprint density at radius 1 is 1.24 bits per heavy atom. The lowest BCUT2D eigenvalue weighted by atomic mass is 10.1. The van der Waals surface area contributed by atoms with E-state index in [1.165, 1.54) is 0 Å². The van der Waals surface area contributed by atoms with E-state index in [-0.39, 0.29) is 5.82 Å². The molecule has 0 aliphatic carbocycles. The summed E-state index contributed by atoms with van der Waals surface area (Å²) in [5.74, 6) is -0.145. The van der Waals surface area contributed by atoms with Gasteiger partial charge in [-0.2, -0.15) is 0 Å². The summed E-state index contributed by atoms with van der Waals surface area (Å²) in [6.45, 7) is 8.27. The van der Waals surface area contributed by atoms with Gasteiger partial charge in [-0.1, -0.05) is 19.4 Å². The number of hydrogen-bond donors (Lipinski definition) is 1. The molecule has 21 heavy (non-hydrogen) atoms. The maximum atomic E-state index is 13.9. The molecule has 0 atom stereocenters. The van der Waals surface area contributed by atoms with Crippen molar-refractivity contribution >= 4 is 5.69 Å². The molecule has 0 radical (unpaired) electrons. The highest BCUT2D eigenvalue weighted by molar-refractivity contribution is 5.49. The Bertz CT molecular complexity index is 398. The van der Waals surface area contributed by atoms with Crippen LogP contribution in [0.4, 0.5) is 10.1 Å². The van der Waals surface area contributed by atoms with Crippen LogP contribution in [0.5, 0.6) is 0 Å². The van der Waals surface area contributed by atoms with Crippen molar-refractivity contribution in [1.29, 1.82) is 0 Å². The fraction of sp³-hybridized carbons (Fsp3) is 0.647. The molecule has 1 rings (SSSR count). The lowest BCUT2D eigenvalue weighted by Crippen LogP contribution is -2.21. The molecule has 0 saturated heterocycles. The molecule has 0 fully saturated rings. The largest absolute Gasteiger partial charge is 0.382 e. The summed E-state index contributed by atoms with van der Waals surface area (Å²) >= 11 is 0. The Kier molecular flexibility index (Phi) is 9.02. The van der Waals surface area contributed by atoms with Crippen LogP contribution in [0.1, 0.15) is 38.7 Å². The fourth-order valence-corrected chi connectivity index (χ4v) is 2.15. The van der Waals surface area contributed by atoms with Gasteiger partial charge in [-0.05, 0) is 44.0 Å². The molecule has 0 bridgehead atoms. The molecule has 120 valence electrons. The van der Waals surface area contributed by atoms with Gasteiger partial charge in [-0.15, -0.1) is 0 Å². The van der Waals surface area contributed by atoms with Gasteiger partial charge in [0.2, 0.25) is 0 Å². The van der Waals surface area contributed by atoms with E-state index in [1.807, 2.05) is 31.0 Å². The van der Waals surface area contributed by atoms with E-state index >= 15 is 0 Å². The van der Waals surface area contributed by atoms with Crippen molar-refractivity contribution in [3.05, 3.63) is 29.6 Å². The third kappa shape index (κ3) is 6.91. The summed E-state index contributed by atoms with van der Waals surface area (Å²) in [6.07, 6.45) is 3.20. The average Bonchev–Trinajstić information content (AvgIpc) is 2.49. The van der Waals surface area contributed by atoms with E-state index in [9.17, 15) is 4.39 Å². The smallest absolute Gasteiger partial charge is 0.146 e. The lowest BCUT2D eigenvalue weighted by molar-refractivity contribution is 0.144. The zero-order valence-corrected chi connectivity index (χ0v) is 13.6. The first kappa shape index (κ1) is 17.9. The van der Waals surface area contributed by atoms with E-state index in [4.69, 9.17) is 4.74 Å². The van der Waals surface area contributed by atoms with Crippen molar-refractivity contribution in [3.63, 3.8) is 0 Å². The molecule has 0 aliphatic rings. The van der Waals surface area contributed by atoms with Gasteiger partial charge in [0.25, 0.3) is 0 Å². The van der Waals surface area contributed by atoms with Gasteiger partial charge in [0.1, 0.15) is 5.82 Å². The zero-order chi connectivity index (χ0) is 15.5. The third-order valence-corrected chi connectivity index (χ3v) is 3.44. The van der Waals surface area contributed by atoms with Crippen LogP contribution in [-0.4, -0.2) is 33.4 Å².